The predicted octanol–water partition coefficient (Wildman–Crippen LogP) is 2.68. The van der Waals surface area contributed by atoms with Crippen molar-refractivity contribution < 1.29 is 4.74 Å². The fraction of sp³-hybridized carbons (Fsp3) is 0.538. The molecule has 1 aromatic rings. The fourth-order valence-corrected chi connectivity index (χ4v) is 1.48. The van der Waals surface area contributed by atoms with Crippen molar-refractivity contribution in [2.24, 2.45) is 0 Å². The molecule has 0 aliphatic carbocycles. The van der Waals surface area contributed by atoms with Crippen LogP contribution >= 0.6 is 0 Å². The lowest BCUT2D eigenvalue weighted by molar-refractivity contribution is 0.265. The van der Waals surface area contributed by atoms with Gasteiger partial charge in [-0.15, -0.1) is 0 Å². The summed E-state index contributed by atoms with van der Waals surface area (Å²) < 4.78 is 5.80. The van der Waals surface area contributed by atoms with Crippen molar-refractivity contribution in [1.29, 1.82) is 0 Å². The van der Waals surface area contributed by atoms with Crippen molar-refractivity contribution in [2.45, 2.75) is 33.2 Å². The van der Waals surface area contributed by atoms with Gasteiger partial charge in [-0.3, -0.25) is 0 Å². The highest BCUT2D eigenvalue weighted by atomic mass is 16.5. The van der Waals surface area contributed by atoms with Crippen LogP contribution in [0.5, 0.6) is 5.75 Å². The molecule has 0 spiro atoms. The average molecular weight is 207 g/mol. The zero-order chi connectivity index (χ0) is 11.3. The van der Waals surface area contributed by atoms with Crippen molar-refractivity contribution in [3.05, 3.63) is 29.3 Å². The van der Waals surface area contributed by atoms with Crippen LogP contribution in [-0.4, -0.2) is 19.7 Å². The van der Waals surface area contributed by atoms with E-state index in [0.29, 0.717) is 6.04 Å². The molecule has 15 heavy (non-hydrogen) atoms. The summed E-state index contributed by atoms with van der Waals surface area (Å²) in [6.45, 7) is 7.10. The number of likely N-dealkylation sites (N-methyl/N-ethyl adjacent to an activating group) is 1. The first-order valence-corrected chi connectivity index (χ1v) is 5.55. The standard InChI is InChI=1S/C13H21NO/c1-5-12(14-4)9-15-13-8-6-7-10(2)11(13)3/h6-8,12,14H,5,9H2,1-4H3. The second-order valence-corrected chi connectivity index (χ2v) is 3.90. The van der Waals surface area contributed by atoms with E-state index in [0.717, 1.165) is 18.8 Å². The summed E-state index contributed by atoms with van der Waals surface area (Å²) in [5, 5.41) is 3.23. The first-order valence-electron chi connectivity index (χ1n) is 5.55. The molecule has 0 fully saturated rings. The molecule has 1 aromatic carbocycles. The molecule has 2 heteroatoms. The van der Waals surface area contributed by atoms with E-state index >= 15 is 0 Å². The summed E-state index contributed by atoms with van der Waals surface area (Å²) >= 11 is 0. The molecule has 0 saturated heterocycles. The highest BCUT2D eigenvalue weighted by Crippen LogP contribution is 2.20. The zero-order valence-corrected chi connectivity index (χ0v) is 10.1. The van der Waals surface area contributed by atoms with Crippen LogP contribution in [0, 0.1) is 13.8 Å². The number of aryl methyl sites for hydroxylation is 1. The summed E-state index contributed by atoms with van der Waals surface area (Å²) in [6.07, 6.45) is 1.08. The molecule has 1 N–H and O–H groups in total. The molecule has 0 aliphatic rings. The predicted molar refractivity (Wildman–Crippen MR) is 64.5 cm³/mol. The quantitative estimate of drug-likeness (QED) is 0.801. The van der Waals surface area contributed by atoms with Gasteiger partial charge in [0.05, 0.1) is 0 Å². The van der Waals surface area contributed by atoms with Gasteiger partial charge in [0.25, 0.3) is 0 Å². The van der Waals surface area contributed by atoms with Gasteiger partial charge in [-0.25, -0.2) is 0 Å². The Balaban J connectivity index is 2.61. The van der Waals surface area contributed by atoms with Gasteiger partial charge in [0.15, 0.2) is 0 Å². The van der Waals surface area contributed by atoms with Gasteiger partial charge < -0.3 is 10.1 Å². The van der Waals surface area contributed by atoms with Gasteiger partial charge in [-0.05, 0) is 44.5 Å². The summed E-state index contributed by atoms with van der Waals surface area (Å²) in [5.41, 5.74) is 2.52. The maximum Gasteiger partial charge on any atom is 0.122 e. The topological polar surface area (TPSA) is 21.3 Å². The van der Waals surface area contributed by atoms with E-state index in [1.165, 1.54) is 11.1 Å². The Morgan fingerprint density at radius 2 is 2.07 bits per heavy atom. The first kappa shape index (κ1) is 12.1. The van der Waals surface area contributed by atoms with E-state index in [1.807, 2.05) is 19.2 Å². The number of ether oxygens (including phenoxy) is 1. The average Bonchev–Trinajstić information content (AvgIpc) is 2.25. The number of hydrogen-bond acceptors (Lipinski definition) is 2. The number of rotatable bonds is 5. The highest BCUT2D eigenvalue weighted by Gasteiger charge is 2.06. The van der Waals surface area contributed by atoms with Gasteiger partial charge in [-0.2, -0.15) is 0 Å². The van der Waals surface area contributed by atoms with Gasteiger partial charge in [0, 0.05) is 6.04 Å². The van der Waals surface area contributed by atoms with Crippen molar-refractivity contribution in [3.63, 3.8) is 0 Å². The smallest absolute Gasteiger partial charge is 0.122 e. The molecule has 0 bridgehead atoms. The van der Waals surface area contributed by atoms with Gasteiger partial charge >= 0.3 is 0 Å². The van der Waals surface area contributed by atoms with E-state index < -0.39 is 0 Å². The first-order chi connectivity index (χ1) is 7.19. The molecule has 0 radical (unpaired) electrons. The molecule has 0 heterocycles. The van der Waals surface area contributed by atoms with Crippen molar-refractivity contribution in [3.8, 4) is 5.75 Å². The van der Waals surface area contributed by atoms with Crippen LogP contribution in [0.1, 0.15) is 24.5 Å². The third-order valence-corrected chi connectivity index (χ3v) is 2.90. The van der Waals surface area contributed by atoms with E-state index in [9.17, 15) is 0 Å². The number of nitrogens with one attached hydrogen (secondary N) is 1. The third-order valence-electron chi connectivity index (χ3n) is 2.90. The normalized spacial score (nSPS) is 12.5. The summed E-state index contributed by atoms with van der Waals surface area (Å²) in [6, 6.07) is 6.62. The van der Waals surface area contributed by atoms with Gasteiger partial charge in [0.1, 0.15) is 12.4 Å². The minimum atomic E-state index is 0.435. The second kappa shape index (κ2) is 5.76. The monoisotopic (exact) mass is 207 g/mol. The molecule has 84 valence electrons. The molecule has 0 aromatic heterocycles. The maximum absolute atomic E-state index is 5.80. The van der Waals surface area contributed by atoms with E-state index in [-0.39, 0.29) is 0 Å². The summed E-state index contributed by atoms with van der Waals surface area (Å²) in [4.78, 5) is 0. The van der Waals surface area contributed by atoms with E-state index in [2.05, 4.69) is 32.2 Å². The Morgan fingerprint density at radius 3 is 2.67 bits per heavy atom. The van der Waals surface area contributed by atoms with Crippen LogP contribution in [0.25, 0.3) is 0 Å². The van der Waals surface area contributed by atoms with Crippen molar-refractivity contribution in [1.82, 2.24) is 5.32 Å². The second-order valence-electron chi connectivity index (χ2n) is 3.90. The van der Waals surface area contributed by atoms with Crippen LogP contribution in [0.2, 0.25) is 0 Å². The largest absolute Gasteiger partial charge is 0.492 e. The molecule has 1 rings (SSSR count). The van der Waals surface area contributed by atoms with Crippen molar-refractivity contribution >= 4 is 0 Å². The molecule has 0 amide bonds. The van der Waals surface area contributed by atoms with Crippen LogP contribution in [0.4, 0.5) is 0 Å². The van der Waals surface area contributed by atoms with E-state index in [1.54, 1.807) is 0 Å². The van der Waals surface area contributed by atoms with Crippen LogP contribution in [-0.2, 0) is 0 Å². The Bertz CT molecular complexity index is 305. The van der Waals surface area contributed by atoms with Crippen LogP contribution < -0.4 is 10.1 Å². The van der Waals surface area contributed by atoms with Crippen LogP contribution in [0.3, 0.4) is 0 Å². The highest BCUT2D eigenvalue weighted by molar-refractivity contribution is 5.38. The molecule has 1 atom stereocenters. The lowest BCUT2D eigenvalue weighted by Gasteiger charge is -2.16. The summed E-state index contributed by atoms with van der Waals surface area (Å²) in [7, 11) is 1.97. The Hall–Kier alpha value is -1.02. The minimum Gasteiger partial charge on any atom is -0.492 e. The molecule has 0 aliphatic heterocycles. The summed E-state index contributed by atoms with van der Waals surface area (Å²) in [5.74, 6) is 1.00. The maximum atomic E-state index is 5.80. The Labute approximate surface area is 92.6 Å². The van der Waals surface area contributed by atoms with Crippen LogP contribution in [0.15, 0.2) is 18.2 Å². The fourth-order valence-electron chi connectivity index (χ4n) is 1.48. The molecular weight excluding hydrogens is 186 g/mol. The van der Waals surface area contributed by atoms with Gasteiger partial charge in [-0.1, -0.05) is 19.1 Å². The van der Waals surface area contributed by atoms with E-state index in [4.69, 9.17) is 4.74 Å². The number of benzene rings is 1. The molecule has 1 unspecified atom stereocenters. The SMILES string of the molecule is CCC(COc1cccc(C)c1C)NC. The van der Waals surface area contributed by atoms with Gasteiger partial charge in [0.2, 0.25) is 0 Å². The Kier molecular flexibility index (Phi) is 4.63. The molecule has 2 nitrogen and oxygen atoms in total. The Morgan fingerprint density at radius 1 is 1.33 bits per heavy atom. The lowest BCUT2D eigenvalue weighted by atomic mass is 10.1. The molecule has 0 saturated carbocycles. The lowest BCUT2D eigenvalue weighted by Crippen LogP contribution is -2.30. The number of hydrogen-bond donors (Lipinski definition) is 1. The minimum absolute atomic E-state index is 0.435. The van der Waals surface area contributed by atoms with Crippen molar-refractivity contribution in [2.75, 3.05) is 13.7 Å². The molecular formula is C13H21NO. The third kappa shape index (κ3) is 3.24. The zero-order valence-electron chi connectivity index (χ0n) is 10.1.